The molecule has 0 unspecified atom stereocenters. The normalized spacial score (nSPS) is 21.2. The highest BCUT2D eigenvalue weighted by atomic mass is 16.7. The van der Waals surface area contributed by atoms with Gasteiger partial charge in [0.05, 0.1) is 13.2 Å². The van der Waals surface area contributed by atoms with E-state index in [-0.39, 0.29) is 6.29 Å². The largest absolute Gasteiger partial charge is 0.350 e. The molecule has 16 heavy (non-hydrogen) atoms. The summed E-state index contributed by atoms with van der Waals surface area (Å²) in [5, 5.41) is 0. The van der Waals surface area contributed by atoms with Crippen LogP contribution in [-0.2, 0) is 9.47 Å². The van der Waals surface area contributed by atoms with Crippen LogP contribution >= 0.6 is 0 Å². The zero-order valence-electron chi connectivity index (χ0n) is 10.8. The fourth-order valence-corrected chi connectivity index (χ4v) is 1.94. The van der Waals surface area contributed by atoms with Crippen LogP contribution in [0.3, 0.4) is 0 Å². The Labute approximate surface area is 100 Å². The molecule has 0 amide bonds. The topological polar surface area (TPSA) is 18.5 Å². The van der Waals surface area contributed by atoms with E-state index in [9.17, 15) is 0 Å². The summed E-state index contributed by atoms with van der Waals surface area (Å²) in [6.45, 7) is 5.97. The van der Waals surface area contributed by atoms with Crippen LogP contribution in [0.5, 0.6) is 0 Å². The average molecular weight is 226 g/mol. The highest BCUT2D eigenvalue weighted by Gasteiger charge is 2.13. The first kappa shape index (κ1) is 13.7. The van der Waals surface area contributed by atoms with Crippen LogP contribution in [0.15, 0.2) is 11.6 Å². The summed E-state index contributed by atoms with van der Waals surface area (Å²) in [5.41, 5.74) is 1.59. The van der Waals surface area contributed by atoms with Gasteiger partial charge in [-0.1, -0.05) is 25.0 Å². The fraction of sp³-hybridized carbons (Fsp3) is 0.857. The lowest BCUT2D eigenvalue weighted by molar-refractivity contribution is -0.0477. The van der Waals surface area contributed by atoms with Gasteiger partial charge in [-0.2, -0.15) is 0 Å². The standard InChI is InChI=1S/C7H14O2.C7H12/c1-2-3-4-7-8-5-6-9-7;1-7-5-3-2-4-6-7/h7H,2-6H2,1H3;5H,2-4,6H2,1H3. The van der Waals surface area contributed by atoms with E-state index in [1.165, 1.54) is 38.5 Å². The Morgan fingerprint density at radius 1 is 1.25 bits per heavy atom. The molecule has 1 aliphatic heterocycles. The predicted molar refractivity (Wildman–Crippen MR) is 67.4 cm³/mol. The first-order valence-electron chi connectivity index (χ1n) is 6.71. The van der Waals surface area contributed by atoms with E-state index in [0.29, 0.717) is 0 Å². The molecule has 0 saturated carbocycles. The Balaban J connectivity index is 0.000000165. The maximum absolute atomic E-state index is 5.23. The van der Waals surface area contributed by atoms with Crippen molar-refractivity contribution in [2.45, 2.75) is 65.1 Å². The third kappa shape index (κ3) is 6.29. The van der Waals surface area contributed by atoms with Gasteiger partial charge in [0.2, 0.25) is 0 Å². The second-order valence-corrected chi connectivity index (χ2v) is 4.61. The van der Waals surface area contributed by atoms with Crippen molar-refractivity contribution >= 4 is 0 Å². The monoisotopic (exact) mass is 226 g/mol. The molecule has 1 fully saturated rings. The van der Waals surface area contributed by atoms with Gasteiger partial charge in [0.15, 0.2) is 6.29 Å². The molecule has 94 valence electrons. The van der Waals surface area contributed by atoms with Crippen molar-refractivity contribution in [1.82, 2.24) is 0 Å². The molecule has 2 heteroatoms. The second-order valence-electron chi connectivity index (χ2n) is 4.61. The molecular formula is C14H26O2. The highest BCUT2D eigenvalue weighted by molar-refractivity contribution is 5.00. The molecule has 1 aliphatic carbocycles. The first-order chi connectivity index (χ1) is 7.83. The molecule has 2 rings (SSSR count). The molecular weight excluding hydrogens is 200 g/mol. The molecule has 0 N–H and O–H groups in total. The van der Waals surface area contributed by atoms with Crippen molar-refractivity contribution in [2.24, 2.45) is 0 Å². The molecule has 2 aliphatic rings. The van der Waals surface area contributed by atoms with E-state index in [1.807, 2.05) is 0 Å². The van der Waals surface area contributed by atoms with Crippen molar-refractivity contribution in [3.63, 3.8) is 0 Å². The van der Waals surface area contributed by atoms with Gasteiger partial charge in [0.1, 0.15) is 0 Å². The van der Waals surface area contributed by atoms with Gasteiger partial charge in [-0.3, -0.25) is 0 Å². The molecule has 0 atom stereocenters. The van der Waals surface area contributed by atoms with Gasteiger partial charge in [-0.15, -0.1) is 0 Å². The molecule has 0 bridgehead atoms. The van der Waals surface area contributed by atoms with Crippen molar-refractivity contribution in [1.29, 1.82) is 0 Å². The molecule has 0 aromatic carbocycles. The van der Waals surface area contributed by atoms with Gasteiger partial charge in [-0.25, -0.2) is 0 Å². The van der Waals surface area contributed by atoms with Crippen LogP contribution < -0.4 is 0 Å². The van der Waals surface area contributed by atoms with Crippen molar-refractivity contribution in [2.75, 3.05) is 13.2 Å². The Kier molecular flexibility index (Phi) is 7.52. The molecule has 2 nitrogen and oxygen atoms in total. The average Bonchev–Trinajstić information content (AvgIpc) is 2.81. The predicted octanol–water partition coefficient (Wildman–Crippen LogP) is 4.06. The summed E-state index contributed by atoms with van der Waals surface area (Å²) in [6, 6.07) is 0. The van der Waals surface area contributed by atoms with Crippen LogP contribution in [-0.4, -0.2) is 19.5 Å². The third-order valence-corrected chi connectivity index (χ3v) is 3.00. The lowest BCUT2D eigenvalue weighted by Gasteiger charge is -2.05. The van der Waals surface area contributed by atoms with Crippen molar-refractivity contribution in [3.8, 4) is 0 Å². The number of ether oxygens (including phenoxy) is 2. The Morgan fingerprint density at radius 2 is 2.00 bits per heavy atom. The van der Waals surface area contributed by atoms with Gasteiger partial charge < -0.3 is 9.47 Å². The fourth-order valence-electron chi connectivity index (χ4n) is 1.94. The molecule has 0 radical (unpaired) electrons. The summed E-state index contributed by atoms with van der Waals surface area (Å²) < 4.78 is 10.5. The lowest BCUT2D eigenvalue weighted by Crippen LogP contribution is -2.06. The van der Waals surface area contributed by atoms with Gasteiger partial charge in [0.25, 0.3) is 0 Å². The zero-order chi connectivity index (χ0) is 11.6. The molecule has 1 saturated heterocycles. The summed E-state index contributed by atoms with van der Waals surface area (Å²) in [7, 11) is 0. The van der Waals surface area contributed by atoms with Crippen LogP contribution in [0.1, 0.15) is 58.8 Å². The summed E-state index contributed by atoms with van der Waals surface area (Å²) >= 11 is 0. The number of hydrogen-bond acceptors (Lipinski definition) is 2. The molecule has 1 heterocycles. The SMILES string of the molecule is CC1=CCCCC1.CCCCC1OCCO1. The third-order valence-electron chi connectivity index (χ3n) is 3.00. The number of allylic oxidation sites excluding steroid dienone is 2. The van der Waals surface area contributed by atoms with Crippen molar-refractivity contribution in [3.05, 3.63) is 11.6 Å². The second kappa shape index (κ2) is 8.77. The van der Waals surface area contributed by atoms with E-state index in [0.717, 1.165) is 19.6 Å². The number of hydrogen-bond donors (Lipinski definition) is 0. The number of rotatable bonds is 3. The molecule has 0 spiro atoms. The lowest BCUT2D eigenvalue weighted by atomic mass is 10.0. The van der Waals surface area contributed by atoms with E-state index in [1.54, 1.807) is 5.57 Å². The first-order valence-corrected chi connectivity index (χ1v) is 6.71. The summed E-state index contributed by atoms with van der Waals surface area (Å²) in [4.78, 5) is 0. The Hall–Kier alpha value is -0.340. The van der Waals surface area contributed by atoms with E-state index in [4.69, 9.17) is 9.47 Å². The molecule has 0 aromatic rings. The smallest absolute Gasteiger partial charge is 0.157 e. The minimum absolute atomic E-state index is 0.116. The van der Waals surface area contributed by atoms with Crippen LogP contribution in [0, 0.1) is 0 Å². The zero-order valence-corrected chi connectivity index (χ0v) is 10.8. The Bertz CT molecular complexity index is 193. The van der Waals surface area contributed by atoms with E-state index < -0.39 is 0 Å². The number of unbranched alkanes of at least 4 members (excludes halogenated alkanes) is 1. The van der Waals surface area contributed by atoms with Gasteiger partial charge in [0, 0.05) is 0 Å². The van der Waals surface area contributed by atoms with Crippen molar-refractivity contribution < 1.29 is 9.47 Å². The minimum Gasteiger partial charge on any atom is -0.350 e. The highest BCUT2D eigenvalue weighted by Crippen LogP contribution is 2.15. The maximum atomic E-state index is 5.23. The quantitative estimate of drug-likeness (QED) is 0.676. The molecule has 0 aromatic heterocycles. The van der Waals surface area contributed by atoms with E-state index >= 15 is 0 Å². The van der Waals surface area contributed by atoms with Crippen LogP contribution in [0.2, 0.25) is 0 Å². The maximum Gasteiger partial charge on any atom is 0.157 e. The summed E-state index contributed by atoms with van der Waals surface area (Å²) in [5.74, 6) is 0. The minimum atomic E-state index is 0.116. The van der Waals surface area contributed by atoms with Gasteiger partial charge in [-0.05, 0) is 45.4 Å². The summed E-state index contributed by atoms with van der Waals surface area (Å²) in [6.07, 6.45) is 11.5. The Morgan fingerprint density at radius 3 is 2.44 bits per heavy atom. The van der Waals surface area contributed by atoms with Crippen LogP contribution in [0.4, 0.5) is 0 Å². The van der Waals surface area contributed by atoms with Gasteiger partial charge >= 0.3 is 0 Å². The van der Waals surface area contributed by atoms with Crippen LogP contribution in [0.25, 0.3) is 0 Å². The van der Waals surface area contributed by atoms with E-state index in [2.05, 4.69) is 19.9 Å².